The molecule has 0 radical (unpaired) electrons. The number of nitrogens with one attached hydrogen (secondary N) is 2. The van der Waals surface area contributed by atoms with Crippen LogP contribution in [-0.2, 0) is 6.54 Å². The highest BCUT2D eigenvalue weighted by molar-refractivity contribution is 5.92. The Morgan fingerprint density at radius 2 is 1.85 bits per heavy atom. The van der Waals surface area contributed by atoms with Crippen molar-refractivity contribution in [3.05, 3.63) is 61.1 Å². The van der Waals surface area contributed by atoms with E-state index in [4.69, 9.17) is 4.74 Å². The Hall–Kier alpha value is -3.61. The molecular weight excluding hydrogens is 340 g/mol. The summed E-state index contributed by atoms with van der Waals surface area (Å²) in [6.07, 6.45) is 5.50. The fraction of sp³-hybridized carbons (Fsp3) is 0.150. The van der Waals surface area contributed by atoms with Gasteiger partial charge in [0.05, 0.1) is 30.2 Å². The molecule has 2 aromatic carbocycles. The molecule has 0 amide bonds. The molecule has 2 heterocycles. The van der Waals surface area contributed by atoms with Crippen molar-refractivity contribution in [2.24, 2.45) is 0 Å². The standard InChI is InChI=1S/C20H20N6O/c1-3-26-13-16(12-22-26)24-20-21-11-14-5-4-6-18(19(14)25-20)23-15-7-9-17(27-2)10-8-15/h4-13,23H,3H2,1-2H3,(H,21,24,25). The van der Waals surface area contributed by atoms with Crippen molar-refractivity contribution in [1.82, 2.24) is 19.7 Å². The van der Waals surface area contributed by atoms with E-state index in [-0.39, 0.29) is 0 Å². The average molecular weight is 360 g/mol. The van der Waals surface area contributed by atoms with Gasteiger partial charge < -0.3 is 15.4 Å². The first-order chi connectivity index (χ1) is 13.2. The SMILES string of the molecule is CCn1cc(Nc2ncc3cccc(Nc4ccc(OC)cc4)c3n2)cn1. The predicted molar refractivity (Wildman–Crippen MR) is 107 cm³/mol. The molecule has 0 unspecified atom stereocenters. The molecule has 4 aromatic rings. The summed E-state index contributed by atoms with van der Waals surface area (Å²) in [5, 5.41) is 11.8. The molecule has 136 valence electrons. The number of hydrogen-bond donors (Lipinski definition) is 2. The van der Waals surface area contributed by atoms with Crippen LogP contribution in [0.25, 0.3) is 10.9 Å². The molecule has 4 rings (SSSR count). The zero-order chi connectivity index (χ0) is 18.6. The largest absolute Gasteiger partial charge is 0.497 e. The minimum atomic E-state index is 0.530. The van der Waals surface area contributed by atoms with Gasteiger partial charge >= 0.3 is 0 Å². The van der Waals surface area contributed by atoms with Crippen LogP contribution >= 0.6 is 0 Å². The van der Waals surface area contributed by atoms with Crippen molar-refractivity contribution in [2.45, 2.75) is 13.5 Å². The molecule has 0 spiro atoms. The lowest BCUT2D eigenvalue weighted by atomic mass is 10.2. The monoisotopic (exact) mass is 360 g/mol. The Balaban J connectivity index is 1.63. The molecular formula is C20H20N6O. The maximum atomic E-state index is 5.21. The highest BCUT2D eigenvalue weighted by atomic mass is 16.5. The molecule has 27 heavy (non-hydrogen) atoms. The number of aromatic nitrogens is 4. The van der Waals surface area contributed by atoms with E-state index in [1.54, 1.807) is 13.3 Å². The van der Waals surface area contributed by atoms with E-state index in [2.05, 4.69) is 25.7 Å². The number of nitrogens with zero attached hydrogens (tertiary/aromatic N) is 4. The molecule has 0 aliphatic heterocycles. The van der Waals surface area contributed by atoms with Crippen LogP contribution in [0, 0.1) is 0 Å². The molecule has 0 saturated carbocycles. The summed E-state index contributed by atoms with van der Waals surface area (Å²) in [4.78, 5) is 9.09. The zero-order valence-electron chi connectivity index (χ0n) is 15.2. The molecule has 0 atom stereocenters. The van der Waals surface area contributed by atoms with Crippen molar-refractivity contribution in [3.8, 4) is 5.75 Å². The number of hydrogen-bond acceptors (Lipinski definition) is 6. The molecule has 7 heteroatoms. The Bertz CT molecular complexity index is 1060. The Kier molecular flexibility index (Phi) is 4.57. The van der Waals surface area contributed by atoms with Crippen molar-refractivity contribution in [1.29, 1.82) is 0 Å². The van der Waals surface area contributed by atoms with Crippen LogP contribution in [0.4, 0.5) is 23.0 Å². The van der Waals surface area contributed by atoms with Gasteiger partial charge in [-0.2, -0.15) is 5.10 Å². The van der Waals surface area contributed by atoms with Gasteiger partial charge in [-0.1, -0.05) is 12.1 Å². The number of para-hydroxylation sites is 1. The van der Waals surface area contributed by atoms with Gasteiger partial charge in [-0.25, -0.2) is 9.97 Å². The maximum absolute atomic E-state index is 5.21. The summed E-state index contributed by atoms with van der Waals surface area (Å²) in [6, 6.07) is 13.7. The second-order valence-corrected chi connectivity index (χ2v) is 6.00. The number of fused-ring (bicyclic) bond motifs is 1. The second-order valence-electron chi connectivity index (χ2n) is 6.00. The molecule has 0 fully saturated rings. The summed E-state index contributed by atoms with van der Waals surface area (Å²) in [6.45, 7) is 2.86. The first-order valence-electron chi connectivity index (χ1n) is 8.71. The molecule has 0 aliphatic rings. The van der Waals surface area contributed by atoms with Gasteiger partial charge in [-0.3, -0.25) is 4.68 Å². The second kappa shape index (κ2) is 7.33. The summed E-state index contributed by atoms with van der Waals surface area (Å²) >= 11 is 0. The van der Waals surface area contributed by atoms with Crippen LogP contribution in [0.5, 0.6) is 5.75 Å². The van der Waals surface area contributed by atoms with E-state index in [0.717, 1.165) is 40.3 Å². The Morgan fingerprint density at radius 1 is 1.00 bits per heavy atom. The van der Waals surface area contributed by atoms with E-state index < -0.39 is 0 Å². The van der Waals surface area contributed by atoms with E-state index in [1.165, 1.54) is 0 Å². The predicted octanol–water partition coefficient (Wildman–Crippen LogP) is 4.34. The van der Waals surface area contributed by atoms with Gasteiger partial charge in [0.2, 0.25) is 5.95 Å². The van der Waals surface area contributed by atoms with Gasteiger partial charge in [-0.05, 0) is 37.3 Å². The Morgan fingerprint density at radius 3 is 2.59 bits per heavy atom. The third-order valence-electron chi connectivity index (χ3n) is 4.19. The van der Waals surface area contributed by atoms with Crippen LogP contribution in [0.1, 0.15) is 6.92 Å². The quantitative estimate of drug-likeness (QED) is 0.533. The number of benzene rings is 2. The third kappa shape index (κ3) is 3.67. The molecule has 0 saturated heterocycles. The number of rotatable bonds is 6. The minimum Gasteiger partial charge on any atom is -0.497 e. The summed E-state index contributed by atoms with van der Waals surface area (Å²) in [7, 11) is 1.66. The van der Waals surface area contributed by atoms with Gasteiger partial charge in [-0.15, -0.1) is 0 Å². The molecule has 7 nitrogen and oxygen atoms in total. The Labute approximate surface area is 157 Å². The molecule has 2 N–H and O–H groups in total. The van der Waals surface area contributed by atoms with Crippen LogP contribution in [0.2, 0.25) is 0 Å². The van der Waals surface area contributed by atoms with Gasteiger partial charge in [0.15, 0.2) is 0 Å². The highest BCUT2D eigenvalue weighted by Gasteiger charge is 2.07. The van der Waals surface area contributed by atoms with Gasteiger partial charge in [0, 0.05) is 30.0 Å². The van der Waals surface area contributed by atoms with Crippen LogP contribution in [0.3, 0.4) is 0 Å². The van der Waals surface area contributed by atoms with Gasteiger partial charge in [0.25, 0.3) is 0 Å². The lowest BCUT2D eigenvalue weighted by Gasteiger charge is -2.11. The number of anilines is 4. The zero-order valence-corrected chi connectivity index (χ0v) is 15.2. The highest BCUT2D eigenvalue weighted by Crippen LogP contribution is 2.27. The fourth-order valence-corrected chi connectivity index (χ4v) is 2.78. The van der Waals surface area contributed by atoms with Crippen LogP contribution in [-0.4, -0.2) is 26.9 Å². The normalized spacial score (nSPS) is 10.7. The maximum Gasteiger partial charge on any atom is 0.227 e. The summed E-state index contributed by atoms with van der Waals surface area (Å²) in [5.41, 5.74) is 3.57. The fourth-order valence-electron chi connectivity index (χ4n) is 2.78. The number of aryl methyl sites for hydroxylation is 1. The minimum absolute atomic E-state index is 0.530. The lowest BCUT2D eigenvalue weighted by molar-refractivity contribution is 0.415. The van der Waals surface area contributed by atoms with Crippen molar-refractivity contribution >= 4 is 33.9 Å². The smallest absolute Gasteiger partial charge is 0.227 e. The third-order valence-corrected chi connectivity index (χ3v) is 4.19. The van der Waals surface area contributed by atoms with Crippen molar-refractivity contribution < 1.29 is 4.74 Å². The lowest BCUT2D eigenvalue weighted by Crippen LogP contribution is -1.99. The number of ether oxygens (including phenoxy) is 1. The number of methoxy groups -OCH3 is 1. The summed E-state index contributed by atoms with van der Waals surface area (Å²) in [5.74, 6) is 1.35. The van der Waals surface area contributed by atoms with E-state index in [0.29, 0.717) is 5.95 Å². The first kappa shape index (κ1) is 16.8. The van der Waals surface area contributed by atoms with Crippen LogP contribution < -0.4 is 15.4 Å². The average Bonchev–Trinajstić information content (AvgIpc) is 3.16. The summed E-state index contributed by atoms with van der Waals surface area (Å²) < 4.78 is 7.06. The van der Waals surface area contributed by atoms with Crippen molar-refractivity contribution in [2.75, 3.05) is 17.7 Å². The topological polar surface area (TPSA) is 76.9 Å². The van der Waals surface area contributed by atoms with E-state index >= 15 is 0 Å². The molecule has 2 aromatic heterocycles. The van der Waals surface area contributed by atoms with Crippen molar-refractivity contribution in [3.63, 3.8) is 0 Å². The first-order valence-corrected chi connectivity index (χ1v) is 8.71. The van der Waals surface area contributed by atoms with Gasteiger partial charge in [0.1, 0.15) is 5.75 Å². The molecule has 0 aliphatic carbocycles. The van der Waals surface area contributed by atoms with E-state index in [1.807, 2.05) is 66.5 Å². The van der Waals surface area contributed by atoms with E-state index in [9.17, 15) is 0 Å². The van der Waals surface area contributed by atoms with Crippen LogP contribution in [0.15, 0.2) is 61.1 Å². The molecule has 0 bridgehead atoms.